The first-order valence-corrected chi connectivity index (χ1v) is 7.36. The summed E-state index contributed by atoms with van der Waals surface area (Å²) >= 11 is 0. The summed E-state index contributed by atoms with van der Waals surface area (Å²) in [4.78, 5) is 28.6. The molecule has 0 amide bonds. The Balaban J connectivity index is 1.99. The third kappa shape index (κ3) is 3.10. The molecule has 2 aromatic heterocycles. The highest BCUT2D eigenvalue weighted by Gasteiger charge is 2.15. The summed E-state index contributed by atoms with van der Waals surface area (Å²) in [5, 5.41) is 12.8. The molecule has 126 valence electrons. The molecule has 0 saturated heterocycles. The fraction of sp³-hybridized carbons (Fsp3) is 0.188. The Bertz CT molecular complexity index is 1070. The minimum Gasteiger partial charge on any atom is -0.337 e. The van der Waals surface area contributed by atoms with Crippen LogP contribution in [0.2, 0.25) is 0 Å². The zero-order valence-corrected chi connectivity index (χ0v) is 13.1. The van der Waals surface area contributed by atoms with Crippen LogP contribution in [0.4, 0.5) is 4.39 Å². The van der Waals surface area contributed by atoms with E-state index in [9.17, 15) is 14.0 Å². The van der Waals surface area contributed by atoms with Gasteiger partial charge in [0.05, 0.1) is 0 Å². The Hall–Kier alpha value is -3.54. The summed E-state index contributed by atoms with van der Waals surface area (Å²) in [7, 11) is 0. The summed E-state index contributed by atoms with van der Waals surface area (Å²) in [5.41, 5.74) is -0.924. The second-order valence-corrected chi connectivity index (χ2v) is 5.13. The van der Waals surface area contributed by atoms with Crippen molar-refractivity contribution >= 4 is 0 Å². The molecular formula is C16H12FN5O3. The van der Waals surface area contributed by atoms with E-state index in [0.717, 1.165) is 4.57 Å². The molecule has 0 aliphatic carbocycles. The SMILES string of the molecule is CCn1cc(C#N)c(=O)n(Cc2nc(-c3ccc(F)cc3)no2)c1=O. The standard InChI is InChI=1S/C16H12FN5O3/c1-2-21-8-11(7-18)15(23)22(16(21)24)9-13-19-14(20-25-13)10-3-5-12(17)6-4-10/h3-6,8H,2,9H2,1H3. The smallest absolute Gasteiger partial charge is 0.331 e. The molecule has 3 aromatic rings. The molecule has 0 fully saturated rings. The van der Waals surface area contributed by atoms with Crippen LogP contribution in [0.5, 0.6) is 0 Å². The molecule has 0 unspecified atom stereocenters. The highest BCUT2D eigenvalue weighted by molar-refractivity contribution is 5.53. The summed E-state index contributed by atoms with van der Waals surface area (Å²) in [6, 6.07) is 7.24. The highest BCUT2D eigenvalue weighted by atomic mass is 19.1. The van der Waals surface area contributed by atoms with Gasteiger partial charge < -0.3 is 4.52 Å². The second-order valence-electron chi connectivity index (χ2n) is 5.13. The molecule has 9 heteroatoms. The third-order valence-corrected chi connectivity index (χ3v) is 3.56. The van der Waals surface area contributed by atoms with Crippen molar-refractivity contribution in [3.05, 3.63) is 68.6 Å². The first-order valence-electron chi connectivity index (χ1n) is 7.36. The Morgan fingerprint density at radius 2 is 2.00 bits per heavy atom. The number of hydrogen-bond donors (Lipinski definition) is 0. The van der Waals surface area contributed by atoms with Gasteiger partial charge in [-0.2, -0.15) is 10.2 Å². The predicted molar refractivity (Wildman–Crippen MR) is 84.1 cm³/mol. The van der Waals surface area contributed by atoms with Gasteiger partial charge in [-0.3, -0.25) is 9.36 Å². The van der Waals surface area contributed by atoms with E-state index in [0.29, 0.717) is 12.1 Å². The molecule has 2 heterocycles. The summed E-state index contributed by atoms with van der Waals surface area (Å²) in [6.07, 6.45) is 1.22. The van der Waals surface area contributed by atoms with Crippen LogP contribution in [-0.4, -0.2) is 19.3 Å². The Morgan fingerprint density at radius 1 is 1.28 bits per heavy atom. The van der Waals surface area contributed by atoms with Crippen LogP contribution >= 0.6 is 0 Å². The van der Waals surface area contributed by atoms with E-state index in [1.54, 1.807) is 13.0 Å². The lowest BCUT2D eigenvalue weighted by Gasteiger charge is -2.07. The molecule has 25 heavy (non-hydrogen) atoms. The van der Waals surface area contributed by atoms with E-state index < -0.39 is 17.1 Å². The number of nitriles is 1. The lowest BCUT2D eigenvalue weighted by molar-refractivity contribution is 0.365. The average Bonchev–Trinajstić information content (AvgIpc) is 3.08. The Morgan fingerprint density at radius 3 is 2.64 bits per heavy atom. The zero-order chi connectivity index (χ0) is 18.0. The molecule has 0 atom stereocenters. The number of aryl methyl sites for hydroxylation is 1. The van der Waals surface area contributed by atoms with Gasteiger partial charge in [0.2, 0.25) is 11.7 Å². The maximum Gasteiger partial charge on any atom is 0.331 e. The zero-order valence-electron chi connectivity index (χ0n) is 13.1. The molecule has 3 rings (SSSR count). The molecular weight excluding hydrogens is 329 g/mol. The van der Waals surface area contributed by atoms with Crippen LogP contribution in [-0.2, 0) is 13.1 Å². The van der Waals surface area contributed by atoms with Crippen molar-refractivity contribution in [2.24, 2.45) is 0 Å². The molecule has 0 aliphatic rings. The molecule has 0 aliphatic heterocycles. The Labute approximate surface area is 140 Å². The van der Waals surface area contributed by atoms with E-state index in [2.05, 4.69) is 10.1 Å². The van der Waals surface area contributed by atoms with Crippen LogP contribution in [0.25, 0.3) is 11.4 Å². The van der Waals surface area contributed by atoms with Crippen molar-refractivity contribution in [2.75, 3.05) is 0 Å². The minimum absolute atomic E-state index is 0.0243. The highest BCUT2D eigenvalue weighted by Crippen LogP contribution is 2.16. The van der Waals surface area contributed by atoms with E-state index in [1.165, 1.54) is 35.0 Å². The van der Waals surface area contributed by atoms with E-state index in [1.807, 2.05) is 0 Å². The van der Waals surface area contributed by atoms with Gasteiger partial charge in [0, 0.05) is 18.3 Å². The maximum absolute atomic E-state index is 13.0. The van der Waals surface area contributed by atoms with Crippen LogP contribution in [0.1, 0.15) is 18.4 Å². The third-order valence-electron chi connectivity index (χ3n) is 3.56. The number of nitrogens with zero attached hydrogens (tertiary/aromatic N) is 5. The first kappa shape index (κ1) is 16.3. The lowest BCUT2D eigenvalue weighted by Crippen LogP contribution is -2.41. The number of rotatable bonds is 4. The van der Waals surface area contributed by atoms with Gasteiger partial charge in [-0.15, -0.1) is 0 Å². The number of halogens is 1. The monoisotopic (exact) mass is 341 g/mol. The van der Waals surface area contributed by atoms with Gasteiger partial charge in [0.15, 0.2) is 0 Å². The first-order chi connectivity index (χ1) is 12.0. The molecule has 0 saturated carbocycles. The molecule has 1 aromatic carbocycles. The molecule has 8 nitrogen and oxygen atoms in total. The summed E-state index contributed by atoms with van der Waals surface area (Å²) < 4.78 is 20.1. The second kappa shape index (κ2) is 6.52. The average molecular weight is 341 g/mol. The fourth-order valence-corrected chi connectivity index (χ4v) is 2.27. The summed E-state index contributed by atoms with van der Waals surface area (Å²) in [6.45, 7) is 1.76. The molecule has 0 spiro atoms. The summed E-state index contributed by atoms with van der Waals surface area (Å²) in [5.74, 6) is -0.168. The van der Waals surface area contributed by atoms with E-state index >= 15 is 0 Å². The van der Waals surface area contributed by atoms with Gasteiger partial charge in [-0.05, 0) is 31.2 Å². The van der Waals surface area contributed by atoms with Crippen LogP contribution in [0.15, 0.2) is 44.6 Å². The van der Waals surface area contributed by atoms with Crippen molar-refractivity contribution in [1.29, 1.82) is 5.26 Å². The normalized spacial score (nSPS) is 10.6. The van der Waals surface area contributed by atoms with E-state index in [4.69, 9.17) is 9.78 Å². The fourth-order valence-electron chi connectivity index (χ4n) is 2.27. The van der Waals surface area contributed by atoms with Gasteiger partial charge in [-0.1, -0.05) is 5.16 Å². The molecule has 0 N–H and O–H groups in total. The van der Waals surface area contributed by atoms with Crippen molar-refractivity contribution in [1.82, 2.24) is 19.3 Å². The van der Waals surface area contributed by atoms with Gasteiger partial charge in [0.25, 0.3) is 5.56 Å². The van der Waals surface area contributed by atoms with Crippen molar-refractivity contribution < 1.29 is 8.91 Å². The van der Waals surface area contributed by atoms with Crippen molar-refractivity contribution in [3.63, 3.8) is 0 Å². The minimum atomic E-state index is -0.723. The lowest BCUT2D eigenvalue weighted by atomic mass is 10.2. The van der Waals surface area contributed by atoms with Gasteiger partial charge in [-0.25, -0.2) is 13.8 Å². The van der Waals surface area contributed by atoms with Gasteiger partial charge in [0.1, 0.15) is 24.0 Å². The van der Waals surface area contributed by atoms with Crippen molar-refractivity contribution in [3.8, 4) is 17.5 Å². The maximum atomic E-state index is 13.0. The predicted octanol–water partition coefficient (Wildman–Crippen LogP) is 1.14. The molecule has 0 radical (unpaired) electrons. The number of hydrogen-bond acceptors (Lipinski definition) is 6. The van der Waals surface area contributed by atoms with Gasteiger partial charge >= 0.3 is 5.69 Å². The molecule has 0 bridgehead atoms. The number of aromatic nitrogens is 4. The van der Waals surface area contributed by atoms with Crippen LogP contribution < -0.4 is 11.2 Å². The topological polar surface area (TPSA) is 107 Å². The largest absolute Gasteiger partial charge is 0.337 e. The quantitative estimate of drug-likeness (QED) is 0.704. The Kier molecular flexibility index (Phi) is 4.26. The van der Waals surface area contributed by atoms with Crippen LogP contribution in [0, 0.1) is 17.1 Å². The van der Waals surface area contributed by atoms with Crippen molar-refractivity contribution in [2.45, 2.75) is 20.0 Å². The van der Waals surface area contributed by atoms with E-state index in [-0.39, 0.29) is 23.8 Å². The number of benzene rings is 1. The van der Waals surface area contributed by atoms with Crippen LogP contribution in [0.3, 0.4) is 0 Å².